The van der Waals surface area contributed by atoms with E-state index in [2.05, 4.69) is 30.6 Å². The van der Waals surface area contributed by atoms with Gasteiger partial charge in [-0.3, -0.25) is 4.79 Å². The van der Waals surface area contributed by atoms with Crippen molar-refractivity contribution in [3.8, 4) is 0 Å². The fourth-order valence-corrected chi connectivity index (χ4v) is 2.11. The van der Waals surface area contributed by atoms with E-state index in [1.165, 1.54) is 7.11 Å². The molecule has 1 aliphatic heterocycles. The lowest BCUT2D eigenvalue weighted by molar-refractivity contribution is -0.144. The summed E-state index contributed by atoms with van der Waals surface area (Å²) in [4.78, 5) is 17.7. The third kappa shape index (κ3) is 3.43. The summed E-state index contributed by atoms with van der Waals surface area (Å²) in [6, 6.07) is 3.90. The van der Waals surface area contributed by atoms with Crippen molar-refractivity contribution in [2.24, 2.45) is 0 Å². The Labute approximate surface area is 114 Å². The predicted octanol–water partition coefficient (Wildman–Crippen LogP) is 1.61. The van der Waals surface area contributed by atoms with Crippen LogP contribution in [-0.2, 0) is 14.3 Å². The fraction of sp³-hybridized carbons (Fsp3) is 0.500. The van der Waals surface area contributed by atoms with Gasteiger partial charge in [-0.15, -0.1) is 0 Å². The van der Waals surface area contributed by atoms with Crippen molar-refractivity contribution < 1.29 is 14.3 Å². The van der Waals surface area contributed by atoms with Crippen LogP contribution in [0.4, 0.5) is 5.82 Å². The van der Waals surface area contributed by atoms with E-state index in [1.54, 1.807) is 6.20 Å². The van der Waals surface area contributed by atoms with Crippen molar-refractivity contribution in [1.29, 1.82) is 0 Å². The lowest BCUT2D eigenvalue weighted by Crippen LogP contribution is -2.43. The van der Waals surface area contributed by atoms with E-state index in [-0.39, 0.29) is 18.5 Å². The lowest BCUT2D eigenvalue weighted by Gasteiger charge is -2.33. The maximum Gasteiger partial charge on any atom is 0.308 e. The molecule has 0 amide bonds. The van der Waals surface area contributed by atoms with Crippen LogP contribution < -0.4 is 4.90 Å². The molecule has 1 aliphatic rings. The lowest BCUT2D eigenvalue weighted by atomic mass is 10.2. The first kappa shape index (κ1) is 13.3. The standard InChI is InChI=1S/C12H15BrN2O3/c1-17-12(16)6-10-8-15(4-5-18-10)11-3-2-9(13)7-14-11/h2-3,7,10H,4-6,8H2,1H3/t10-/m0/s1. The van der Waals surface area contributed by atoms with Gasteiger partial charge in [-0.05, 0) is 28.1 Å². The number of pyridine rings is 1. The number of aromatic nitrogens is 1. The first-order valence-corrected chi connectivity index (χ1v) is 6.53. The van der Waals surface area contributed by atoms with Crippen LogP contribution in [0.5, 0.6) is 0 Å². The van der Waals surface area contributed by atoms with Crippen LogP contribution in [0.25, 0.3) is 0 Å². The van der Waals surface area contributed by atoms with Gasteiger partial charge in [0.05, 0.1) is 26.2 Å². The minimum absolute atomic E-state index is 0.128. The van der Waals surface area contributed by atoms with Gasteiger partial charge in [0.25, 0.3) is 0 Å². The Morgan fingerprint density at radius 3 is 3.17 bits per heavy atom. The maximum atomic E-state index is 11.2. The topological polar surface area (TPSA) is 51.7 Å². The van der Waals surface area contributed by atoms with E-state index in [1.807, 2.05) is 12.1 Å². The largest absolute Gasteiger partial charge is 0.469 e. The second kappa shape index (κ2) is 6.15. The smallest absolute Gasteiger partial charge is 0.308 e. The van der Waals surface area contributed by atoms with Crippen LogP contribution in [-0.4, -0.2) is 43.9 Å². The van der Waals surface area contributed by atoms with Gasteiger partial charge >= 0.3 is 5.97 Å². The number of ether oxygens (including phenoxy) is 2. The molecule has 1 saturated heterocycles. The normalized spacial score (nSPS) is 19.7. The fourth-order valence-electron chi connectivity index (χ4n) is 1.88. The van der Waals surface area contributed by atoms with Crippen molar-refractivity contribution in [3.05, 3.63) is 22.8 Å². The molecule has 0 bridgehead atoms. The Morgan fingerprint density at radius 2 is 2.50 bits per heavy atom. The number of hydrogen-bond acceptors (Lipinski definition) is 5. The van der Waals surface area contributed by atoms with Gasteiger partial charge < -0.3 is 14.4 Å². The van der Waals surface area contributed by atoms with E-state index >= 15 is 0 Å². The molecule has 0 N–H and O–H groups in total. The van der Waals surface area contributed by atoms with Crippen molar-refractivity contribution >= 4 is 27.7 Å². The van der Waals surface area contributed by atoms with Crippen molar-refractivity contribution in [2.75, 3.05) is 31.7 Å². The summed E-state index contributed by atoms with van der Waals surface area (Å²) in [5, 5.41) is 0. The number of hydrogen-bond donors (Lipinski definition) is 0. The first-order valence-electron chi connectivity index (χ1n) is 5.74. The van der Waals surface area contributed by atoms with Gasteiger partial charge in [-0.2, -0.15) is 0 Å². The first-order chi connectivity index (χ1) is 8.69. The number of anilines is 1. The molecule has 5 nitrogen and oxygen atoms in total. The third-order valence-corrected chi connectivity index (χ3v) is 3.27. The Bertz CT molecular complexity index is 410. The number of carbonyl (C=O) groups excluding carboxylic acids is 1. The minimum Gasteiger partial charge on any atom is -0.469 e. The van der Waals surface area contributed by atoms with Gasteiger partial charge in [0, 0.05) is 23.8 Å². The summed E-state index contributed by atoms with van der Waals surface area (Å²) >= 11 is 3.36. The molecule has 1 aromatic heterocycles. The Morgan fingerprint density at radius 1 is 1.67 bits per heavy atom. The highest BCUT2D eigenvalue weighted by molar-refractivity contribution is 9.10. The van der Waals surface area contributed by atoms with Gasteiger partial charge in [-0.25, -0.2) is 4.98 Å². The Balaban J connectivity index is 1.98. The zero-order valence-corrected chi connectivity index (χ0v) is 11.7. The van der Waals surface area contributed by atoms with Crippen LogP contribution >= 0.6 is 15.9 Å². The van der Waals surface area contributed by atoms with Crippen molar-refractivity contribution in [2.45, 2.75) is 12.5 Å². The van der Waals surface area contributed by atoms with Crippen LogP contribution in [0.15, 0.2) is 22.8 Å². The molecule has 0 aromatic carbocycles. The summed E-state index contributed by atoms with van der Waals surface area (Å²) in [5.41, 5.74) is 0. The van der Waals surface area contributed by atoms with Gasteiger partial charge in [-0.1, -0.05) is 0 Å². The molecule has 1 atom stereocenters. The molecule has 0 spiro atoms. The number of nitrogens with zero attached hydrogens (tertiary/aromatic N) is 2. The number of halogens is 1. The van der Waals surface area contributed by atoms with E-state index in [0.29, 0.717) is 13.2 Å². The average molecular weight is 315 g/mol. The minimum atomic E-state index is -0.245. The number of methoxy groups -OCH3 is 1. The van der Waals surface area contributed by atoms with E-state index in [9.17, 15) is 4.79 Å². The van der Waals surface area contributed by atoms with E-state index in [4.69, 9.17) is 4.74 Å². The summed E-state index contributed by atoms with van der Waals surface area (Å²) in [7, 11) is 1.39. The Kier molecular flexibility index (Phi) is 4.54. The molecule has 2 rings (SSSR count). The molecule has 1 aromatic rings. The highest BCUT2D eigenvalue weighted by Crippen LogP contribution is 2.18. The highest BCUT2D eigenvalue weighted by Gasteiger charge is 2.23. The predicted molar refractivity (Wildman–Crippen MR) is 70.5 cm³/mol. The maximum absolute atomic E-state index is 11.2. The van der Waals surface area contributed by atoms with Gasteiger partial charge in [0.1, 0.15) is 5.82 Å². The quantitative estimate of drug-likeness (QED) is 0.793. The average Bonchev–Trinajstić information content (AvgIpc) is 2.40. The van der Waals surface area contributed by atoms with Crippen LogP contribution in [0.2, 0.25) is 0 Å². The van der Waals surface area contributed by atoms with Crippen molar-refractivity contribution in [1.82, 2.24) is 4.98 Å². The van der Waals surface area contributed by atoms with Crippen molar-refractivity contribution in [3.63, 3.8) is 0 Å². The molecule has 0 saturated carbocycles. The highest BCUT2D eigenvalue weighted by atomic mass is 79.9. The van der Waals surface area contributed by atoms with E-state index < -0.39 is 0 Å². The molecule has 18 heavy (non-hydrogen) atoms. The number of carbonyl (C=O) groups is 1. The molecular formula is C12H15BrN2O3. The zero-order valence-electron chi connectivity index (χ0n) is 10.1. The van der Waals surface area contributed by atoms with Crippen LogP contribution in [0.1, 0.15) is 6.42 Å². The molecule has 6 heteroatoms. The molecule has 0 aliphatic carbocycles. The zero-order chi connectivity index (χ0) is 13.0. The summed E-state index contributed by atoms with van der Waals surface area (Å²) in [6.45, 7) is 2.04. The molecular weight excluding hydrogens is 300 g/mol. The van der Waals surface area contributed by atoms with Gasteiger partial charge in [0.2, 0.25) is 0 Å². The number of esters is 1. The SMILES string of the molecule is COC(=O)C[C@H]1CN(c2ccc(Br)cn2)CCO1. The summed E-state index contributed by atoms with van der Waals surface area (Å²) < 4.78 is 11.1. The monoisotopic (exact) mass is 314 g/mol. The number of rotatable bonds is 3. The number of morpholine rings is 1. The van der Waals surface area contributed by atoms with E-state index in [0.717, 1.165) is 16.8 Å². The van der Waals surface area contributed by atoms with Crippen LogP contribution in [0, 0.1) is 0 Å². The third-order valence-electron chi connectivity index (χ3n) is 2.80. The second-order valence-electron chi connectivity index (χ2n) is 4.05. The molecule has 1 fully saturated rings. The van der Waals surface area contributed by atoms with Gasteiger partial charge in [0.15, 0.2) is 0 Å². The summed E-state index contributed by atoms with van der Waals surface area (Å²) in [5.74, 6) is 0.655. The molecule has 0 unspecified atom stereocenters. The molecule has 2 heterocycles. The molecule has 98 valence electrons. The van der Waals surface area contributed by atoms with Crippen LogP contribution in [0.3, 0.4) is 0 Å². The molecule has 0 radical (unpaired) electrons. The Hall–Kier alpha value is -1.14. The second-order valence-corrected chi connectivity index (χ2v) is 4.97. The summed E-state index contributed by atoms with van der Waals surface area (Å²) in [6.07, 6.45) is 1.92.